The largest absolute Gasteiger partial charge is 0.416 e. The molecule has 4 heterocycles. The molecule has 224 valence electrons. The zero-order chi connectivity index (χ0) is 29.4. The van der Waals surface area contributed by atoms with Crippen molar-refractivity contribution in [2.45, 2.75) is 19.1 Å². The van der Waals surface area contributed by atoms with Crippen LogP contribution in [-0.2, 0) is 22.7 Å². The SMILES string of the molecule is CS(=O)(=O)Nc1ccn(C(=O)N2CCN(Cc3ccc(C(F)(F)F)cc3N3CCN(C(=O)N4CCC4)CC3)CC2)n1. The van der Waals surface area contributed by atoms with Crippen LogP contribution >= 0.6 is 0 Å². The number of amides is 3. The van der Waals surface area contributed by atoms with Gasteiger partial charge in [0.05, 0.1) is 11.8 Å². The van der Waals surface area contributed by atoms with E-state index in [1.165, 1.54) is 24.4 Å². The molecular formula is C25H33F3N8O4S. The molecule has 0 atom stereocenters. The molecule has 3 amide bonds. The Morgan fingerprint density at radius 2 is 1.49 bits per heavy atom. The van der Waals surface area contributed by atoms with E-state index in [4.69, 9.17) is 0 Å². The van der Waals surface area contributed by atoms with E-state index in [0.717, 1.165) is 42.1 Å². The van der Waals surface area contributed by atoms with Crippen LogP contribution in [-0.4, -0.2) is 122 Å². The molecule has 0 saturated carbocycles. The number of sulfonamides is 1. The lowest BCUT2D eigenvalue weighted by Crippen LogP contribution is -2.56. The number of hydrogen-bond donors (Lipinski definition) is 1. The number of aromatic nitrogens is 2. The molecule has 1 aromatic carbocycles. The summed E-state index contributed by atoms with van der Waals surface area (Å²) >= 11 is 0. The fraction of sp³-hybridized carbons (Fsp3) is 0.560. The molecule has 12 nitrogen and oxygen atoms in total. The standard InChI is InChI=1S/C25H33F3N8O4S/c1-41(39,40)30-22-5-8-36(29-22)24(38)35-11-9-31(10-12-35)18-19-3-4-20(25(26,27)28)17-21(19)32-13-15-34(16-14-32)23(37)33-6-2-7-33/h3-5,8,17H,2,6-7,9-16,18H2,1H3,(H,29,30). The molecule has 3 fully saturated rings. The number of alkyl halides is 3. The minimum absolute atomic E-state index is 0.00872. The number of nitrogens with one attached hydrogen (secondary N) is 1. The van der Waals surface area contributed by atoms with Crippen molar-refractivity contribution >= 4 is 33.6 Å². The molecule has 3 aliphatic heterocycles. The van der Waals surface area contributed by atoms with Gasteiger partial charge in [0.15, 0.2) is 5.82 Å². The van der Waals surface area contributed by atoms with Gasteiger partial charge in [-0.15, -0.1) is 5.10 Å². The highest BCUT2D eigenvalue weighted by atomic mass is 32.2. The Labute approximate surface area is 236 Å². The maximum atomic E-state index is 13.6. The van der Waals surface area contributed by atoms with Crippen molar-refractivity contribution in [3.63, 3.8) is 0 Å². The predicted molar refractivity (Wildman–Crippen MR) is 145 cm³/mol. The van der Waals surface area contributed by atoms with Gasteiger partial charge in [-0.3, -0.25) is 9.62 Å². The van der Waals surface area contributed by atoms with Crippen LogP contribution in [0.5, 0.6) is 0 Å². The number of halogens is 3. The molecule has 1 aromatic heterocycles. The summed E-state index contributed by atoms with van der Waals surface area (Å²) < 4.78 is 66.9. The van der Waals surface area contributed by atoms with Gasteiger partial charge >= 0.3 is 18.2 Å². The molecule has 3 aliphatic rings. The number of carbonyl (C=O) groups excluding carboxylic acids is 2. The first-order valence-electron chi connectivity index (χ1n) is 13.4. The topological polar surface area (TPSA) is 114 Å². The smallest absolute Gasteiger partial charge is 0.368 e. The maximum Gasteiger partial charge on any atom is 0.416 e. The van der Waals surface area contributed by atoms with Crippen molar-refractivity contribution in [1.29, 1.82) is 0 Å². The normalized spacial score (nSPS) is 18.8. The van der Waals surface area contributed by atoms with Crippen LogP contribution in [0.25, 0.3) is 0 Å². The maximum absolute atomic E-state index is 13.6. The van der Waals surface area contributed by atoms with Gasteiger partial charge in [0.1, 0.15) is 0 Å². The van der Waals surface area contributed by atoms with Crippen LogP contribution in [0.3, 0.4) is 0 Å². The van der Waals surface area contributed by atoms with Gasteiger partial charge in [-0.2, -0.15) is 17.9 Å². The van der Waals surface area contributed by atoms with Gasteiger partial charge < -0.3 is 19.6 Å². The fourth-order valence-corrected chi connectivity index (χ4v) is 5.66. The van der Waals surface area contributed by atoms with Gasteiger partial charge in [-0.05, 0) is 24.1 Å². The summed E-state index contributed by atoms with van der Waals surface area (Å²) in [6.07, 6.45) is -1.11. The number of anilines is 2. The molecule has 0 spiro atoms. The highest BCUT2D eigenvalue weighted by Gasteiger charge is 2.34. The average molecular weight is 599 g/mol. The monoisotopic (exact) mass is 598 g/mol. The van der Waals surface area contributed by atoms with Crippen LogP contribution < -0.4 is 9.62 Å². The number of rotatable bonds is 5. The van der Waals surface area contributed by atoms with E-state index >= 15 is 0 Å². The first-order chi connectivity index (χ1) is 19.4. The summed E-state index contributed by atoms with van der Waals surface area (Å²) in [4.78, 5) is 34.6. The predicted octanol–water partition coefficient (Wildman–Crippen LogP) is 2.01. The van der Waals surface area contributed by atoms with Crippen molar-refractivity contribution in [2.75, 3.05) is 81.3 Å². The molecule has 2 aromatic rings. The van der Waals surface area contributed by atoms with E-state index in [9.17, 15) is 31.2 Å². The van der Waals surface area contributed by atoms with Gasteiger partial charge in [0, 0.05) is 89.9 Å². The second-order valence-electron chi connectivity index (χ2n) is 10.5. The molecule has 0 radical (unpaired) electrons. The third-order valence-electron chi connectivity index (χ3n) is 7.54. The van der Waals surface area contributed by atoms with Crippen LogP contribution in [0.15, 0.2) is 30.5 Å². The fourth-order valence-electron chi connectivity index (χ4n) is 5.17. The van der Waals surface area contributed by atoms with Crippen molar-refractivity contribution in [3.05, 3.63) is 41.6 Å². The molecule has 0 unspecified atom stereocenters. The number of piperazine rings is 2. The lowest BCUT2D eigenvalue weighted by molar-refractivity contribution is -0.137. The number of nitrogens with zero attached hydrogens (tertiary/aromatic N) is 7. The van der Waals surface area contributed by atoms with Crippen molar-refractivity contribution < 1.29 is 31.2 Å². The molecule has 1 N–H and O–H groups in total. The van der Waals surface area contributed by atoms with E-state index in [1.54, 1.807) is 14.7 Å². The summed E-state index contributed by atoms with van der Waals surface area (Å²) in [6, 6.07) is 4.80. The third-order valence-corrected chi connectivity index (χ3v) is 8.12. The van der Waals surface area contributed by atoms with E-state index in [-0.39, 0.29) is 11.8 Å². The lowest BCUT2D eigenvalue weighted by atomic mass is 10.1. The van der Waals surface area contributed by atoms with Crippen LogP contribution in [0, 0.1) is 0 Å². The Morgan fingerprint density at radius 1 is 0.878 bits per heavy atom. The molecule has 0 aliphatic carbocycles. The third kappa shape index (κ3) is 6.86. The molecular weight excluding hydrogens is 565 g/mol. The van der Waals surface area contributed by atoms with E-state index in [1.807, 2.05) is 4.90 Å². The van der Waals surface area contributed by atoms with E-state index in [0.29, 0.717) is 64.6 Å². The number of likely N-dealkylation sites (tertiary alicyclic amines) is 1. The zero-order valence-corrected chi connectivity index (χ0v) is 23.5. The number of urea groups is 1. The number of carbonyl (C=O) groups is 2. The highest BCUT2D eigenvalue weighted by molar-refractivity contribution is 7.92. The Morgan fingerprint density at radius 3 is 2.07 bits per heavy atom. The first-order valence-corrected chi connectivity index (χ1v) is 15.3. The first kappa shape index (κ1) is 29.0. The summed E-state index contributed by atoms with van der Waals surface area (Å²) in [5.41, 5.74) is 0.551. The summed E-state index contributed by atoms with van der Waals surface area (Å²) in [7, 11) is -3.53. The average Bonchev–Trinajstić information content (AvgIpc) is 3.34. The Bertz CT molecular complexity index is 1380. The Kier molecular flexibility index (Phi) is 8.05. The second-order valence-corrected chi connectivity index (χ2v) is 12.3. The van der Waals surface area contributed by atoms with Gasteiger partial charge in [0.25, 0.3) is 0 Å². The molecule has 5 rings (SSSR count). The van der Waals surface area contributed by atoms with Crippen LogP contribution in [0.1, 0.15) is 17.5 Å². The Hall–Kier alpha value is -3.53. The molecule has 3 saturated heterocycles. The van der Waals surface area contributed by atoms with Crippen molar-refractivity contribution in [1.82, 2.24) is 29.4 Å². The summed E-state index contributed by atoms with van der Waals surface area (Å²) in [5.74, 6) is 0.0417. The minimum atomic E-state index is -4.47. The minimum Gasteiger partial charge on any atom is -0.368 e. The van der Waals surface area contributed by atoms with E-state index < -0.39 is 27.8 Å². The highest BCUT2D eigenvalue weighted by Crippen LogP contribution is 2.34. The zero-order valence-electron chi connectivity index (χ0n) is 22.7. The van der Waals surface area contributed by atoms with Crippen molar-refractivity contribution in [2.24, 2.45) is 0 Å². The van der Waals surface area contributed by atoms with Crippen LogP contribution in [0.4, 0.5) is 34.3 Å². The van der Waals surface area contributed by atoms with Gasteiger partial charge in [-0.25, -0.2) is 18.0 Å². The van der Waals surface area contributed by atoms with Gasteiger partial charge in [-0.1, -0.05) is 6.07 Å². The van der Waals surface area contributed by atoms with Crippen molar-refractivity contribution in [3.8, 4) is 0 Å². The molecule has 0 bridgehead atoms. The summed E-state index contributed by atoms with van der Waals surface area (Å²) in [5, 5.41) is 3.98. The molecule has 16 heteroatoms. The van der Waals surface area contributed by atoms with Crippen LogP contribution in [0.2, 0.25) is 0 Å². The molecule has 41 heavy (non-hydrogen) atoms. The second kappa shape index (κ2) is 11.4. The van der Waals surface area contributed by atoms with Gasteiger partial charge in [0.2, 0.25) is 10.0 Å². The summed E-state index contributed by atoms with van der Waals surface area (Å²) in [6.45, 7) is 5.43. The number of hydrogen-bond acceptors (Lipinski definition) is 7. The Balaban J connectivity index is 1.22. The van der Waals surface area contributed by atoms with E-state index in [2.05, 4.69) is 14.7 Å². The number of benzene rings is 1. The quantitative estimate of drug-likeness (QED) is 0.560. The lowest BCUT2D eigenvalue weighted by Gasteiger charge is -2.42.